The minimum Gasteiger partial charge on any atom is -0.469 e. The number of ether oxygens (including phenoxy) is 2. The lowest BCUT2D eigenvalue weighted by Gasteiger charge is -2.45. The van der Waals surface area contributed by atoms with Crippen molar-refractivity contribution in [3.63, 3.8) is 0 Å². The number of unbranched alkanes of at least 4 members (excludes halogenated alkanes) is 3. The summed E-state index contributed by atoms with van der Waals surface area (Å²) in [5, 5.41) is 14.1. The van der Waals surface area contributed by atoms with Gasteiger partial charge in [-0.25, -0.2) is 0 Å². The fourth-order valence-electron chi connectivity index (χ4n) is 8.30. The molecule has 0 amide bonds. The smallest absolute Gasteiger partial charge is 0.305 e. The Morgan fingerprint density at radius 1 is 0.821 bits per heavy atom. The Hall–Kier alpha value is -4.07. The normalized spacial score (nSPS) is 19.5. The van der Waals surface area contributed by atoms with Crippen LogP contribution >= 0.6 is 0 Å². The van der Waals surface area contributed by atoms with E-state index in [0.717, 1.165) is 50.5 Å². The number of carbonyl (C=O) groups is 1. The van der Waals surface area contributed by atoms with Gasteiger partial charge in [0.05, 0.1) is 32.0 Å². The van der Waals surface area contributed by atoms with Gasteiger partial charge in [0.15, 0.2) is 0 Å². The highest BCUT2D eigenvalue weighted by Crippen LogP contribution is 2.41. The second kappa shape index (κ2) is 21.5. The Balaban J connectivity index is 1.40. The summed E-state index contributed by atoms with van der Waals surface area (Å²) in [5.74, 6) is -0.177. The molecule has 0 aromatic heterocycles. The van der Waals surface area contributed by atoms with Crippen LogP contribution in [0.1, 0.15) is 91.0 Å². The highest BCUT2D eigenvalue weighted by molar-refractivity contribution is 6.99. The summed E-state index contributed by atoms with van der Waals surface area (Å²) in [6.45, 7) is 9.72. The molecule has 0 heterocycles. The number of benzene rings is 4. The summed E-state index contributed by atoms with van der Waals surface area (Å²) in [5.41, 5.74) is 3.49. The average molecular weight is 773 g/mol. The van der Waals surface area contributed by atoms with Gasteiger partial charge in [-0.15, -0.1) is 0 Å². The molecular formula is C50H64O5Si. The SMILES string of the molecule is CCCCC[C@@H](/C=C/[C@@H]1[C@@H](C/C=C\CCCC(=O)OC)[C@@H](OCc2ccc(-c3ccccc3)cc2)C[C@H]1O)O[Si](c1ccccc1)(c1ccccc1)C(C)(C)C. The molecule has 4 aromatic carbocycles. The maximum absolute atomic E-state index is 11.7. The van der Waals surface area contributed by atoms with E-state index in [2.05, 4.69) is 161 Å². The molecule has 298 valence electrons. The van der Waals surface area contributed by atoms with Crippen LogP contribution in [0.2, 0.25) is 5.04 Å². The van der Waals surface area contributed by atoms with Gasteiger partial charge in [-0.3, -0.25) is 4.79 Å². The predicted octanol–water partition coefficient (Wildman–Crippen LogP) is 10.6. The van der Waals surface area contributed by atoms with Gasteiger partial charge in [-0.2, -0.15) is 0 Å². The molecule has 0 aliphatic heterocycles. The minimum absolute atomic E-state index is 0.0865. The fraction of sp³-hybridized carbons (Fsp3) is 0.420. The van der Waals surface area contributed by atoms with Crippen LogP contribution in [-0.4, -0.2) is 44.8 Å². The van der Waals surface area contributed by atoms with Crippen LogP contribution in [0.25, 0.3) is 11.1 Å². The molecule has 5 nitrogen and oxygen atoms in total. The zero-order valence-electron chi connectivity index (χ0n) is 34.3. The molecule has 0 bridgehead atoms. The van der Waals surface area contributed by atoms with Crippen molar-refractivity contribution in [2.24, 2.45) is 11.8 Å². The summed E-state index contributed by atoms with van der Waals surface area (Å²) in [7, 11) is -1.37. The van der Waals surface area contributed by atoms with Crippen molar-refractivity contribution >= 4 is 24.7 Å². The van der Waals surface area contributed by atoms with E-state index in [1.165, 1.54) is 28.6 Å². The summed E-state index contributed by atoms with van der Waals surface area (Å²) < 4.78 is 19.2. The van der Waals surface area contributed by atoms with E-state index in [0.29, 0.717) is 19.4 Å². The summed E-state index contributed by atoms with van der Waals surface area (Å²) in [6.07, 6.45) is 15.7. The van der Waals surface area contributed by atoms with Crippen molar-refractivity contribution in [3.05, 3.63) is 145 Å². The summed E-state index contributed by atoms with van der Waals surface area (Å²) in [4.78, 5) is 11.7. The second-order valence-corrected chi connectivity index (χ2v) is 20.6. The van der Waals surface area contributed by atoms with Gasteiger partial charge < -0.3 is 19.0 Å². The van der Waals surface area contributed by atoms with Crippen LogP contribution in [0.5, 0.6) is 0 Å². The van der Waals surface area contributed by atoms with Gasteiger partial charge in [-0.05, 0) is 63.7 Å². The third kappa shape index (κ3) is 11.5. The van der Waals surface area contributed by atoms with Crippen molar-refractivity contribution in [3.8, 4) is 11.1 Å². The Bertz CT molecular complexity index is 1740. The molecule has 0 radical (unpaired) electrons. The van der Waals surface area contributed by atoms with E-state index >= 15 is 0 Å². The summed E-state index contributed by atoms with van der Waals surface area (Å²) in [6, 6.07) is 40.7. The third-order valence-electron chi connectivity index (χ3n) is 11.4. The molecule has 1 N–H and O–H groups in total. The third-order valence-corrected chi connectivity index (χ3v) is 16.4. The lowest BCUT2D eigenvalue weighted by Crippen LogP contribution is -2.67. The first-order valence-corrected chi connectivity index (χ1v) is 22.7. The number of hydrogen-bond acceptors (Lipinski definition) is 5. The van der Waals surface area contributed by atoms with Gasteiger partial charge in [-0.1, -0.05) is 187 Å². The van der Waals surface area contributed by atoms with Crippen LogP contribution in [0.15, 0.2) is 140 Å². The maximum atomic E-state index is 11.7. The Labute approximate surface area is 338 Å². The Morgan fingerprint density at radius 3 is 2.02 bits per heavy atom. The zero-order chi connectivity index (χ0) is 39.8. The van der Waals surface area contributed by atoms with E-state index in [-0.39, 0.29) is 35.1 Å². The number of carbonyl (C=O) groups excluding carboxylic acids is 1. The molecule has 1 saturated carbocycles. The topological polar surface area (TPSA) is 65.0 Å². The van der Waals surface area contributed by atoms with Gasteiger partial charge in [0.1, 0.15) is 0 Å². The molecule has 0 saturated heterocycles. The number of methoxy groups -OCH3 is 1. The van der Waals surface area contributed by atoms with Gasteiger partial charge in [0.25, 0.3) is 8.32 Å². The number of aliphatic hydroxyl groups is 1. The first-order chi connectivity index (χ1) is 27.2. The molecule has 0 spiro atoms. The number of rotatable bonds is 20. The molecule has 5 atom stereocenters. The highest BCUT2D eigenvalue weighted by Gasteiger charge is 2.51. The molecular weight excluding hydrogens is 709 g/mol. The molecule has 6 heteroatoms. The van der Waals surface area contributed by atoms with Crippen LogP contribution in [0, 0.1) is 11.8 Å². The molecule has 5 rings (SSSR count). The Kier molecular flexibility index (Phi) is 16.5. The van der Waals surface area contributed by atoms with Crippen molar-refractivity contribution in [2.45, 2.75) is 115 Å². The lowest BCUT2D eigenvalue weighted by atomic mass is 9.89. The van der Waals surface area contributed by atoms with Crippen LogP contribution in [0.3, 0.4) is 0 Å². The first kappa shape index (κ1) is 43.1. The quantitative estimate of drug-likeness (QED) is 0.0419. The van der Waals surface area contributed by atoms with Crippen LogP contribution < -0.4 is 10.4 Å². The van der Waals surface area contributed by atoms with Crippen molar-refractivity contribution in [2.75, 3.05) is 7.11 Å². The van der Waals surface area contributed by atoms with E-state index in [1.54, 1.807) is 0 Å². The van der Waals surface area contributed by atoms with Gasteiger partial charge in [0, 0.05) is 18.8 Å². The standard InChI is InChI=1S/C50H64O5Si/c1-6-7-13-24-42(55-56(50(2,3)4,43-25-16-11-17-26-43)44-27-18-12-19-28-44)35-36-45-46(29-20-8-9-21-30-49(52)53-5)48(37-47(45)51)54-38-39-31-33-41(34-32-39)40-22-14-10-15-23-40/h8,10-12,14-20,22-23,25-28,31-36,42,45-48,51H,6-7,9,13,21,24,29-30,37-38H2,1-5H3/b20-8-,36-35+/t42-,45+,46+,47+,48-/m0/s1. The monoisotopic (exact) mass is 772 g/mol. The van der Waals surface area contributed by atoms with Gasteiger partial charge >= 0.3 is 5.97 Å². The van der Waals surface area contributed by atoms with E-state index < -0.39 is 14.4 Å². The molecule has 1 aliphatic carbocycles. The van der Waals surface area contributed by atoms with Crippen molar-refractivity contribution < 1.29 is 23.8 Å². The molecule has 1 fully saturated rings. The molecule has 1 aliphatic rings. The molecule has 0 unspecified atom stereocenters. The molecule has 4 aromatic rings. The van der Waals surface area contributed by atoms with Gasteiger partial charge in [0.2, 0.25) is 0 Å². The van der Waals surface area contributed by atoms with E-state index in [9.17, 15) is 9.90 Å². The summed E-state index contributed by atoms with van der Waals surface area (Å²) >= 11 is 0. The van der Waals surface area contributed by atoms with E-state index in [1.807, 2.05) is 6.07 Å². The fourth-order valence-corrected chi connectivity index (χ4v) is 13.0. The predicted molar refractivity (Wildman–Crippen MR) is 233 cm³/mol. The second-order valence-electron chi connectivity index (χ2n) is 16.3. The highest BCUT2D eigenvalue weighted by atomic mass is 28.4. The maximum Gasteiger partial charge on any atom is 0.305 e. The van der Waals surface area contributed by atoms with Crippen LogP contribution in [0.4, 0.5) is 0 Å². The van der Waals surface area contributed by atoms with Crippen LogP contribution in [-0.2, 0) is 25.3 Å². The van der Waals surface area contributed by atoms with Crippen molar-refractivity contribution in [1.82, 2.24) is 0 Å². The number of aliphatic hydroxyl groups excluding tert-OH is 1. The number of hydrogen-bond donors (Lipinski definition) is 1. The zero-order valence-corrected chi connectivity index (χ0v) is 35.3. The van der Waals surface area contributed by atoms with Crippen molar-refractivity contribution in [1.29, 1.82) is 0 Å². The number of allylic oxidation sites excluding steroid dienone is 2. The van der Waals surface area contributed by atoms with E-state index in [4.69, 9.17) is 13.9 Å². The minimum atomic E-state index is -2.80. The lowest BCUT2D eigenvalue weighted by molar-refractivity contribution is -0.140. The first-order valence-electron chi connectivity index (χ1n) is 20.8. The number of esters is 1. The molecule has 56 heavy (non-hydrogen) atoms. The largest absolute Gasteiger partial charge is 0.469 e. The Morgan fingerprint density at radius 2 is 1.43 bits per heavy atom. The average Bonchev–Trinajstić information content (AvgIpc) is 3.52.